The summed E-state index contributed by atoms with van der Waals surface area (Å²) < 4.78 is 2.40. The van der Waals surface area contributed by atoms with E-state index >= 15 is 0 Å². The maximum atomic E-state index is 2.40. The zero-order valence-corrected chi connectivity index (χ0v) is 14.2. The predicted molar refractivity (Wildman–Crippen MR) is 94.5 cm³/mol. The fourth-order valence-corrected chi connectivity index (χ4v) is 3.60. The van der Waals surface area contributed by atoms with E-state index in [-0.39, 0.29) is 5.54 Å². The van der Waals surface area contributed by atoms with Gasteiger partial charge in [0.2, 0.25) is 6.34 Å². The molecule has 0 fully saturated rings. The van der Waals surface area contributed by atoms with E-state index in [1.165, 1.54) is 28.1 Å². The number of rotatable bonds is 2. The lowest BCUT2D eigenvalue weighted by molar-refractivity contribution is -0.434. The van der Waals surface area contributed by atoms with Gasteiger partial charge in [0.25, 0.3) is 0 Å². The highest BCUT2D eigenvalue weighted by Crippen LogP contribution is 2.32. The third kappa shape index (κ3) is 2.54. The number of benzene rings is 2. The number of hydrogen-bond acceptors (Lipinski definition) is 1. The summed E-state index contributed by atoms with van der Waals surface area (Å²) in [5, 5.41) is 0. The molecular formula is C20H25N2+. The summed E-state index contributed by atoms with van der Waals surface area (Å²) in [6.45, 7) is 12.2. The molecule has 0 amide bonds. The molecule has 2 aromatic carbocycles. The summed E-state index contributed by atoms with van der Waals surface area (Å²) in [7, 11) is 0. The highest BCUT2D eigenvalue weighted by atomic mass is 15.3. The van der Waals surface area contributed by atoms with Gasteiger partial charge in [-0.1, -0.05) is 35.9 Å². The van der Waals surface area contributed by atoms with Gasteiger partial charge in [-0.05, 0) is 57.9 Å². The lowest BCUT2D eigenvalue weighted by Gasteiger charge is -2.23. The number of aryl methyl sites for hydroxylation is 3. The molecular weight excluding hydrogens is 268 g/mol. The minimum atomic E-state index is 0.0745. The molecule has 0 aromatic heterocycles. The Morgan fingerprint density at radius 1 is 0.955 bits per heavy atom. The van der Waals surface area contributed by atoms with Crippen LogP contribution in [0, 0.1) is 20.8 Å². The van der Waals surface area contributed by atoms with Gasteiger partial charge in [-0.2, -0.15) is 0 Å². The summed E-state index contributed by atoms with van der Waals surface area (Å²) in [4.78, 5) is 2.38. The molecule has 0 aliphatic carbocycles. The lowest BCUT2D eigenvalue weighted by Crippen LogP contribution is -2.41. The van der Waals surface area contributed by atoms with Gasteiger partial charge in [0.15, 0.2) is 0 Å². The molecule has 0 bridgehead atoms. The minimum absolute atomic E-state index is 0.0745. The summed E-state index contributed by atoms with van der Waals surface area (Å²) >= 11 is 0. The van der Waals surface area contributed by atoms with Crippen LogP contribution in [-0.2, 0) is 0 Å². The molecule has 0 saturated heterocycles. The van der Waals surface area contributed by atoms with Gasteiger partial charge >= 0.3 is 0 Å². The van der Waals surface area contributed by atoms with Gasteiger partial charge in [-0.3, -0.25) is 0 Å². The fourth-order valence-electron chi connectivity index (χ4n) is 3.60. The Morgan fingerprint density at radius 2 is 1.55 bits per heavy atom. The molecule has 0 atom stereocenters. The van der Waals surface area contributed by atoms with Crippen molar-refractivity contribution < 1.29 is 4.58 Å². The van der Waals surface area contributed by atoms with Crippen LogP contribution in [0.4, 0.5) is 11.4 Å². The molecule has 2 nitrogen and oxygen atoms in total. The maximum absolute atomic E-state index is 2.40. The van der Waals surface area contributed by atoms with Crippen LogP contribution in [0.2, 0.25) is 0 Å². The standard InChI is InChI=1S/C20H25N2/c1-15-11-16(2)19(17(3)12-15)21-13-20(4,5)22(14-21)18-9-7-6-8-10-18/h6-12,14H,13H2,1-5H3/q+1. The van der Waals surface area contributed by atoms with E-state index < -0.39 is 0 Å². The first-order valence-corrected chi connectivity index (χ1v) is 7.92. The summed E-state index contributed by atoms with van der Waals surface area (Å²) in [6, 6.07) is 15.2. The van der Waals surface area contributed by atoms with Gasteiger partial charge in [0.1, 0.15) is 23.5 Å². The Morgan fingerprint density at radius 3 is 2.14 bits per heavy atom. The van der Waals surface area contributed by atoms with E-state index in [0.29, 0.717) is 0 Å². The highest BCUT2D eigenvalue weighted by molar-refractivity contribution is 5.80. The second-order valence-electron chi connectivity index (χ2n) is 7.01. The quantitative estimate of drug-likeness (QED) is 0.734. The number of para-hydroxylation sites is 1. The average Bonchev–Trinajstić information content (AvgIpc) is 2.74. The Labute approximate surface area is 133 Å². The summed E-state index contributed by atoms with van der Waals surface area (Å²) in [5.41, 5.74) is 6.69. The van der Waals surface area contributed by atoms with Crippen LogP contribution >= 0.6 is 0 Å². The Bertz CT molecular complexity index is 704. The number of hydrogen-bond donors (Lipinski definition) is 0. The van der Waals surface area contributed by atoms with Crippen molar-refractivity contribution in [2.24, 2.45) is 0 Å². The molecule has 0 saturated carbocycles. The topological polar surface area (TPSA) is 6.25 Å². The van der Waals surface area contributed by atoms with Crippen LogP contribution in [0.1, 0.15) is 30.5 Å². The Hall–Kier alpha value is -2.09. The molecule has 0 N–H and O–H groups in total. The van der Waals surface area contributed by atoms with E-state index in [9.17, 15) is 0 Å². The van der Waals surface area contributed by atoms with Gasteiger partial charge < -0.3 is 0 Å². The molecule has 1 aliphatic rings. The van der Waals surface area contributed by atoms with Crippen molar-refractivity contribution in [1.29, 1.82) is 0 Å². The van der Waals surface area contributed by atoms with Crippen LogP contribution in [0.3, 0.4) is 0 Å². The maximum Gasteiger partial charge on any atom is 0.245 e. The van der Waals surface area contributed by atoms with E-state index in [1.54, 1.807) is 0 Å². The molecule has 2 heteroatoms. The van der Waals surface area contributed by atoms with Crippen LogP contribution in [0.15, 0.2) is 42.5 Å². The Kier molecular flexibility index (Phi) is 3.56. The number of anilines is 1. The van der Waals surface area contributed by atoms with Crippen molar-refractivity contribution in [3.05, 3.63) is 59.2 Å². The first-order chi connectivity index (χ1) is 10.4. The SMILES string of the molecule is Cc1cc(C)c([N+]2=CN(c3ccccc3)C(C)(C)C2)c(C)c1. The van der Waals surface area contributed by atoms with E-state index in [4.69, 9.17) is 0 Å². The van der Waals surface area contributed by atoms with Crippen molar-refractivity contribution in [3.8, 4) is 0 Å². The largest absolute Gasteiger partial charge is 0.245 e. The zero-order valence-electron chi connectivity index (χ0n) is 14.2. The molecule has 1 heterocycles. The van der Waals surface area contributed by atoms with E-state index in [1.807, 2.05) is 0 Å². The molecule has 0 spiro atoms. The predicted octanol–water partition coefficient (Wildman–Crippen LogP) is 4.58. The van der Waals surface area contributed by atoms with Gasteiger partial charge in [0, 0.05) is 0 Å². The highest BCUT2D eigenvalue weighted by Gasteiger charge is 2.41. The molecule has 114 valence electrons. The van der Waals surface area contributed by atoms with Crippen molar-refractivity contribution in [2.45, 2.75) is 40.2 Å². The van der Waals surface area contributed by atoms with Crippen molar-refractivity contribution in [3.63, 3.8) is 0 Å². The third-order valence-corrected chi connectivity index (χ3v) is 4.42. The van der Waals surface area contributed by atoms with Gasteiger partial charge in [-0.25, -0.2) is 9.48 Å². The third-order valence-electron chi connectivity index (χ3n) is 4.42. The second kappa shape index (κ2) is 5.28. The van der Waals surface area contributed by atoms with Crippen molar-refractivity contribution in [1.82, 2.24) is 0 Å². The van der Waals surface area contributed by atoms with Crippen molar-refractivity contribution in [2.75, 3.05) is 11.4 Å². The first-order valence-electron chi connectivity index (χ1n) is 7.92. The zero-order chi connectivity index (χ0) is 15.9. The first kappa shape index (κ1) is 14.8. The Balaban J connectivity index is 2.07. The van der Waals surface area contributed by atoms with Crippen LogP contribution in [0.5, 0.6) is 0 Å². The second-order valence-corrected chi connectivity index (χ2v) is 7.01. The molecule has 0 unspecified atom stereocenters. The summed E-state index contributed by atoms with van der Waals surface area (Å²) in [6.07, 6.45) is 2.26. The van der Waals surface area contributed by atoms with E-state index in [0.717, 1.165) is 6.54 Å². The average molecular weight is 293 g/mol. The smallest absolute Gasteiger partial charge is 0.229 e. The van der Waals surface area contributed by atoms with Gasteiger partial charge in [0.05, 0.1) is 0 Å². The minimum Gasteiger partial charge on any atom is -0.229 e. The normalized spacial score (nSPS) is 16.8. The van der Waals surface area contributed by atoms with Crippen LogP contribution in [-0.4, -0.2) is 23.0 Å². The number of nitrogens with zero attached hydrogens (tertiary/aromatic N) is 2. The van der Waals surface area contributed by atoms with Crippen LogP contribution < -0.4 is 4.90 Å². The fraction of sp³-hybridized carbons (Fsp3) is 0.350. The molecule has 3 rings (SSSR count). The summed E-state index contributed by atoms with van der Waals surface area (Å²) in [5.74, 6) is 0. The lowest BCUT2D eigenvalue weighted by atomic mass is 10.0. The van der Waals surface area contributed by atoms with Crippen LogP contribution in [0.25, 0.3) is 0 Å². The molecule has 0 radical (unpaired) electrons. The monoisotopic (exact) mass is 293 g/mol. The van der Waals surface area contributed by atoms with Crippen molar-refractivity contribution >= 4 is 17.7 Å². The molecule has 22 heavy (non-hydrogen) atoms. The molecule has 2 aromatic rings. The van der Waals surface area contributed by atoms with E-state index in [2.05, 4.69) is 92.9 Å². The molecule has 1 aliphatic heterocycles. The van der Waals surface area contributed by atoms with Gasteiger partial charge in [-0.15, -0.1) is 0 Å².